The number of nitrogens with zero attached hydrogens (tertiary/aromatic N) is 1. The smallest absolute Gasteiger partial charge is 0.313 e. The van der Waals surface area contributed by atoms with Crippen LogP contribution in [0.3, 0.4) is 0 Å². The number of benzene rings is 1. The minimum Gasteiger partial charge on any atom is -0.369 e. The summed E-state index contributed by atoms with van der Waals surface area (Å²) >= 11 is 6.24. The monoisotopic (exact) mass is 337 g/mol. The first-order chi connectivity index (χ1) is 10.9. The Kier molecular flexibility index (Phi) is 4.21. The molecule has 0 unspecified atom stereocenters. The van der Waals surface area contributed by atoms with Crippen LogP contribution < -0.4 is 11.1 Å². The Morgan fingerprint density at radius 3 is 2.70 bits per heavy atom. The zero-order valence-electron chi connectivity index (χ0n) is 12.9. The number of primary amides is 1. The van der Waals surface area contributed by atoms with Crippen molar-refractivity contribution in [3.8, 4) is 0 Å². The van der Waals surface area contributed by atoms with Crippen molar-refractivity contribution in [2.24, 2.45) is 5.73 Å². The van der Waals surface area contributed by atoms with Crippen LogP contribution >= 0.6 is 11.6 Å². The molecule has 1 heterocycles. The van der Waals surface area contributed by atoms with Gasteiger partial charge in [0.25, 0.3) is 0 Å². The Bertz CT molecular complexity index is 633. The second kappa shape index (κ2) is 6.02. The Labute approximate surface area is 139 Å². The third-order valence-electron chi connectivity index (χ3n) is 4.47. The summed E-state index contributed by atoms with van der Waals surface area (Å²) in [7, 11) is 0. The number of ether oxygens (including phenoxy) is 1. The van der Waals surface area contributed by atoms with Gasteiger partial charge in [-0.05, 0) is 25.8 Å². The number of nitrogens with one attached hydrogen (secondary N) is 1. The first kappa shape index (κ1) is 16.1. The van der Waals surface area contributed by atoms with Gasteiger partial charge in [0.15, 0.2) is 0 Å². The molecule has 2 aliphatic rings. The van der Waals surface area contributed by atoms with Crippen molar-refractivity contribution in [2.75, 3.05) is 13.2 Å². The lowest BCUT2D eigenvalue weighted by Gasteiger charge is -2.40. The maximum Gasteiger partial charge on any atom is 0.313 e. The fraction of sp³-hybridized carbons (Fsp3) is 0.500. The molecule has 2 fully saturated rings. The molecular weight excluding hydrogens is 318 g/mol. The standard InChI is InChI=1S/C16H20ClN3O3/c1-10-9-23-13(11-4-2-3-5-12(11)17)8-20(10)14(21)16(6-7-16)19-15(18)22/h2-5,10,13H,6-9H2,1H3,(H3,18,19,22)/t10-,13+/m0/s1. The Balaban J connectivity index is 1.78. The molecule has 1 saturated heterocycles. The number of amides is 3. The molecule has 23 heavy (non-hydrogen) atoms. The molecule has 0 aromatic heterocycles. The second-order valence-electron chi connectivity index (χ2n) is 6.22. The molecule has 3 amide bonds. The van der Waals surface area contributed by atoms with Crippen molar-refractivity contribution in [2.45, 2.75) is 37.5 Å². The molecule has 0 spiro atoms. The predicted molar refractivity (Wildman–Crippen MR) is 86.0 cm³/mol. The predicted octanol–water partition coefficient (Wildman–Crippen LogP) is 1.83. The van der Waals surface area contributed by atoms with Crippen molar-refractivity contribution in [1.82, 2.24) is 10.2 Å². The van der Waals surface area contributed by atoms with E-state index in [-0.39, 0.29) is 18.1 Å². The number of urea groups is 1. The largest absolute Gasteiger partial charge is 0.369 e. The number of hydrogen-bond donors (Lipinski definition) is 2. The van der Waals surface area contributed by atoms with E-state index in [2.05, 4.69) is 5.32 Å². The third-order valence-corrected chi connectivity index (χ3v) is 4.81. The quantitative estimate of drug-likeness (QED) is 0.882. The highest BCUT2D eigenvalue weighted by molar-refractivity contribution is 6.31. The summed E-state index contributed by atoms with van der Waals surface area (Å²) in [6, 6.07) is 6.73. The number of carbonyl (C=O) groups excluding carboxylic acids is 2. The van der Waals surface area contributed by atoms with Gasteiger partial charge in [-0.1, -0.05) is 29.8 Å². The molecule has 0 bridgehead atoms. The Morgan fingerprint density at radius 2 is 2.09 bits per heavy atom. The van der Waals surface area contributed by atoms with Crippen molar-refractivity contribution < 1.29 is 14.3 Å². The van der Waals surface area contributed by atoms with Crippen LogP contribution in [0.2, 0.25) is 5.02 Å². The van der Waals surface area contributed by atoms with E-state index in [9.17, 15) is 9.59 Å². The van der Waals surface area contributed by atoms with E-state index in [1.54, 1.807) is 4.90 Å². The Hall–Kier alpha value is -1.79. The van der Waals surface area contributed by atoms with Crippen molar-refractivity contribution in [3.05, 3.63) is 34.9 Å². The van der Waals surface area contributed by atoms with Gasteiger partial charge < -0.3 is 20.7 Å². The van der Waals surface area contributed by atoms with Crippen LogP contribution in [0.1, 0.15) is 31.4 Å². The lowest BCUT2D eigenvalue weighted by atomic mass is 10.0. The molecule has 1 aromatic rings. The highest BCUT2D eigenvalue weighted by Crippen LogP contribution is 2.39. The number of hydrogen-bond acceptors (Lipinski definition) is 3. The molecule has 1 aliphatic heterocycles. The second-order valence-corrected chi connectivity index (χ2v) is 6.63. The summed E-state index contributed by atoms with van der Waals surface area (Å²) in [4.78, 5) is 25.8. The lowest BCUT2D eigenvalue weighted by Crippen LogP contribution is -2.57. The van der Waals surface area contributed by atoms with Crippen LogP contribution in [0, 0.1) is 0 Å². The zero-order chi connectivity index (χ0) is 16.6. The summed E-state index contributed by atoms with van der Waals surface area (Å²) in [5.74, 6) is -0.0934. The van der Waals surface area contributed by atoms with Crippen molar-refractivity contribution in [1.29, 1.82) is 0 Å². The minimum atomic E-state index is -0.831. The van der Waals surface area contributed by atoms with Gasteiger partial charge in [0.05, 0.1) is 19.2 Å². The molecule has 0 radical (unpaired) electrons. The van der Waals surface area contributed by atoms with E-state index in [0.29, 0.717) is 31.0 Å². The zero-order valence-corrected chi connectivity index (χ0v) is 13.7. The van der Waals surface area contributed by atoms with Gasteiger partial charge in [0.2, 0.25) is 5.91 Å². The molecule has 1 aliphatic carbocycles. The van der Waals surface area contributed by atoms with Crippen LogP contribution in [0.4, 0.5) is 4.79 Å². The molecule has 6 nitrogen and oxygen atoms in total. The van der Waals surface area contributed by atoms with Gasteiger partial charge in [-0.3, -0.25) is 4.79 Å². The van der Waals surface area contributed by atoms with Gasteiger partial charge in [-0.2, -0.15) is 0 Å². The molecular formula is C16H20ClN3O3. The summed E-state index contributed by atoms with van der Waals surface area (Å²) in [6.45, 7) is 2.77. The minimum absolute atomic E-state index is 0.0617. The van der Waals surface area contributed by atoms with Crippen molar-refractivity contribution in [3.63, 3.8) is 0 Å². The van der Waals surface area contributed by atoms with Gasteiger partial charge in [-0.15, -0.1) is 0 Å². The fourth-order valence-electron chi connectivity index (χ4n) is 2.99. The van der Waals surface area contributed by atoms with E-state index in [4.69, 9.17) is 22.1 Å². The average molecular weight is 338 g/mol. The fourth-order valence-corrected chi connectivity index (χ4v) is 3.25. The maximum absolute atomic E-state index is 12.9. The van der Waals surface area contributed by atoms with Crippen LogP contribution in [0.5, 0.6) is 0 Å². The molecule has 3 rings (SSSR count). The summed E-state index contributed by atoms with van der Waals surface area (Å²) in [6.07, 6.45) is 0.971. The lowest BCUT2D eigenvalue weighted by molar-refractivity contribution is -0.147. The van der Waals surface area contributed by atoms with E-state index in [0.717, 1.165) is 5.56 Å². The highest BCUT2D eigenvalue weighted by Gasteiger charge is 2.54. The number of rotatable bonds is 3. The number of nitrogens with two attached hydrogens (primary N) is 1. The number of morpholine rings is 1. The normalized spacial score (nSPS) is 25.7. The van der Waals surface area contributed by atoms with E-state index >= 15 is 0 Å². The molecule has 1 aromatic carbocycles. The average Bonchev–Trinajstić information content (AvgIpc) is 3.28. The van der Waals surface area contributed by atoms with Crippen LogP contribution in [0.25, 0.3) is 0 Å². The van der Waals surface area contributed by atoms with E-state index < -0.39 is 11.6 Å². The van der Waals surface area contributed by atoms with Crippen LogP contribution in [-0.4, -0.2) is 41.6 Å². The topological polar surface area (TPSA) is 84.7 Å². The van der Waals surface area contributed by atoms with Gasteiger partial charge in [0, 0.05) is 10.6 Å². The molecule has 3 N–H and O–H groups in total. The summed E-state index contributed by atoms with van der Waals surface area (Å²) < 4.78 is 5.86. The first-order valence-corrected chi connectivity index (χ1v) is 8.05. The number of halogens is 1. The molecule has 7 heteroatoms. The van der Waals surface area contributed by atoms with Crippen LogP contribution in [-0.2, 0) is 9.53 Å². The molecule has 124 valence electrons. The SMILES string of the molecule is C[C@H]1CO[C@@H](c2ccccc2Cl)CN1C(=O)C1(NC(N)=O)CC1. The van der Waals surface area contributed by atoms with Gasteiger partial charge in [-0.25, -0.2) is 4.79 Å². The van der Waals surface area contributed by atoms with E-state index in [1.165, 1.54) is 0 Å². The van der Waals surface area contributed by atoms with Gasteiger partial charge in [0.1, 0.15) is 11.6 Å². The third kappa shape index (κ3) is 3.14. The van der Waals surface area contributed by atoms with E-state index in [1.807, 2.05) is 31.2 Å². The molecule has 2 atom stereocenters. The summed E-state index contributed by atoms with van der Waals surface area (Å²) in [5.41, 5.74) is 5.23. The van der Waals surface area contributed by atoms with Gasteiger partial charge >= 0.3 is 6.03 Å². The Morgan fingerprint density at radius 1 is 1.39 bits per heavy atom. The van der Waals surface area contributed by atoms with Crippen molar-refractivity contribution >= 4 is 23.5 Å². The van der Waals surface area contributed by atoms with Crippen LogP contribution in [0.15, 0.2) is 24.3 Å². The summed E-state index contributed by atoms with van der Waals surface area (Å²) in [5, 5.41) is 3.22. The number of carbonyl (C=O) groups is 2. The maximum atomic E-state index is 12.9. The first-order valence-electron chi connectivity index (χ1n) is 7.68. The highest BCUT2D eigenvalue weighted by atomic mass is 35.5. The molecule has 1 saturated carbocycles.